The molecular weight excluding hydrogens is 242 g/mol. The number of para-hydroxylation sites is 1. The van der Waals surface area contributed by atoms with Crippen molar-refractivity contribution < 1.29 is 9.26 Å². The number of hydrogen-bond donors (Lipinski definition) is 1. The van der Waals surface area contributed by atoms with Crippen LogP contribution in [0.25, 0.3) is 0 Å². The van der Waals surface area contributed by atoms with Crippen LogP contribution in [-0.2, 0) is 19.6 Å². The lowest BCUT2D eigenvalue weighted by Crippen LogP contribution is -2.12. The Balaban J connectivity index is 1.98. The maximum Gasteiger partial charge on any atom is 0.264 e. The molecule has 5 heteroatoms. The number of rotatable bonds is 7. The Labute approximate surface area is 113 Å². The van der Waals surface area contributed by atoms with Gasteiger partial charge >= 0.3 is 0 Å². The lowest BCUT2D eigenvalue weighted by Gasteiger charge is -2.09. The zero-order valence-electron chi connectivity index (χ0n) is 11.3. The third kappa shape index (κ3) is 3.79. The Hall–Kier alpha value is -1.88. The minimum absolute atomic E-state index is 0.302. The quantitative estimate of drug-likeness (QED) is 0.828. The summed E-state index contributed by atoms with van der Waals surface area (Å²) < 4.78 is 10.8. The van der Waals surface area contributed by atoms with Gasteiger partial charge in [-0.25, -0.2) is 0 Å². The molecule has 1 N–H and O–H groups in total. The smallest absolute Gasteiger partial charge is 0.264 e. The third-order valence-electron chi connectivity index (χ3n) is 2.72. The number of hydrogen-bond acceptors (Lipinski definition) is 5. The molecule has 19 heavy (non-hydrogen) atoms. The molecule has 0 saturated carbocycles. The van der Waals surface area contributed by atoms with Gasteiger partial charge < -0.3 is 14.6 Å². The van der Waals surface area contributed by atoms with Crippen LogP contribution in [0.5, 0.6) is 5.75 Å². The summed E-state index contributed by atoms with van der Waals surface area (Å²) in [6.45, 7) is 6.08. The summed E-state index contributed by atoms with van der Waals surface area (Å²) in [6.07, 6.45) is 0.764. The van der Waals surface area contributed by atoms with E-state index in [1.54, 1.807) is 0 Å². The Morgan fingerprint density at radius 2 is 2.11 bits per heavy atom. The molecule has 0 radical (unpaired) electrons. The van der Waals surface area contributed by atoms with E-state index < -0.39 is 0 Å². The normalized spacial score (nSPS) is 10.6. The van der Waals surface area contributed by atoms with Crippen molar-refractivity contribution in [3.05, 3.63) is 41.5 Å². The minimum Gasteiger partial charge on any atom is -0.483 e. The molecule has 1 aromatic carbocycles. The number of benzene rings is 1. The standard InChI is InChI=1S/C14H19N3O2/c1-3-13-16-14(19-17-13)10-18-12-8-6-5-7-11(12)9-15-4-2/h5-8,15H,3-4,9-10H2,1-2H3. The van der Waals surface area contributed by atoms with Crippen molar-refractivity contribution in [3.63, 3.8) is 0 Å². The highest BCUT2D eigenvalue weighted by atomic mass is 16.5. The Morgan fingerprint density at radius 1 is 1.26 bits per heavy atom. The molecule has 0 spiro atoms. The molecule has 102 valence electrons. The van der Waals surface area contributed by atoms with Gasteiger partial charge in [0, 0.05) is 18.5 Å². The van der Waals surface area contributed by atoms with E-state index in [9.17, 15) is 0 Å². The number of nitrogens with zero attached hydrogens (tertiary/aromatic N) is 2. The maximum absolute atomic E-state index is 5.74. The molecule has 0 amide bonds. The molecule has 0 aliphatic heterocycles. The van der Waals surface area contributed by atoms with Gasteiger partial charge in [0.25, 0.3) is 5.89 Å². The molecule has 0 aliphatic carbocycles. The summed E-state index contributed by atoms with van der Waals surface area (Å²) in [7, 11) is 0. The zero-order chi connectivity index (χ0) is 13.5. The van der Waals surface area contributed by atoms with Crippen molar-refractivity contribution in [1.29, 1.82) is 0 Å². The maximum atomic E-state index is 5.74. The lowest BCUT2D eigenvalue weighted by atomic mass is 10.2. The summed E-state index contributed by atoms with van der Waals surface area (Å²) in [4.78, 5) is 4.22. The minimum atomic E-state index is 0.302. The first kappa shape index (κ1) is 13.5. The summed E-state index contributed by atoms with van der Waals surface area (Å²) in [6, 6.07) is 7.95. The summed E-state index contributed by atoms with van der Waals surface area (Å²) >= 11 is 0. The van der Waals surface area contributed by atoms with E-state index >= 15 is 0 Å². The molecule has 1 heterocycles. The van der Waals surface area contributed by atoms with Gasteiger partial charge in [0.05, 0.1) is 0 Å². The Kier molecular flexibility index (Phi) is 4.92. The van der Waals surface area contributed by atoms with E-state index in [1.165, 1.54) is 0 Å². The molecule has 0 bridgehead atoms. The average molecular weight is 261 g/mol. The lowest BCUT2D eigenvalue weighted by molar-refractivity contribution is 0.240. The Morgan fingerprint density at radius 3 is 2.84 bits per heavy atom. The topological polar surface area (TPSA) is 60.2 Å². The van der Waals surface area contributed by atoms with Crippen LogP contribution in [0.15, 0.2) is 28.8 Å². The number of nitrogens with one attached hydrogen (secondary N) is 1. The highest BCUT2D eigenvalue weighted by molar-refractivity contribution is 5.33. The van der Waals surface area contributed by atoms with Crippen molar-refractivity contribution in [2.45, 2.75) is 33.4 Å². The predicted molar refractivity (Wildman–Crippen MR) is 71.8 cm³/mol. The molecule has 0 saturated heterocycles. The highest BCUT2D eigenvalue weighted by Gasteiger charge is 2.07. The zero-order valence-corrected chi connectivity index (χ0v) is 11.3. The first-order chi connectivity index (χ1) is 9.33. The fourth-order valence-corrected chi connectivity index (χ4v) is 1.68. The molecule has 2 aromatic rings. The van der Waals surface area contributed by atoms with Crippen LogP contribution in [0.3, 0.4) is 0 Å². The van der Waals surface area contributed by atoms with E-state index in [4.69, 9.17) is 9.26 Å². The SMILES string of the molecule is CCNCc1ccccc1OCc1nc(CC)no1. The van der Waals surface area contributed by atoms with Crippen molar-refractivity contribution in [1.82, 2.24) is 15.5 Å². The second kappa shape index (κ2) is 6.89. The number of aromatic nitrogens is 2. The van der Waals surface area contributed by atoms with E-state index in [0.29, 0.717) is 18.3 Å². The fourth-order valence-electron chi connectivity index (χ4n) is 1.68. The van der Waals surface area contributed by atoms with Crippen LogP contribution < -0.4 is 10.1 Å². The van der Waals surface area contributed by atoms with Crippen LogP contribution in [0.2, 0.25) is 0 Å². The summed E-state index contributed by atoms with van der Waals surface area (Å²) in [5.74, 6) is 2.06. The van der Waals surface area contributed by atoms with Crippen LogP contribution in [0, 0.1) is 0 Å². The monoisotopic (exact) mass is 261 g/mol. The first-order valence-corrected chi connectivity index (χ1v) is 6.56. The molecule has 0 atom stereocenters. The fraction of sp³-hybridized carbons (Fsp3) is 0.429. The summed E-state index contributed by atoms with van der Waals surface area (Å²) in [5, 5.41) is 7.13. The van der Waals surface area contributed by atoms with Crippen molar-refractivity contribution >= 4 is 0 Å². The third-order valence-corrected chi connectivity index (χ3v) is 2.72. The van der Waals surface area contributed by atoms with Crippen LogP contribution in [-0.4, -0.2) is 16.7 Å². The summed E-state index contributed by atoms with van der Waals surface area (Å²) in [5.41, 5.74) is 1.12. The number of aryl methyl sites for hydroxylation is 1. The Bertz CT molecular complexity index is 511. The van der Waals surface area contributed by atoms with E-state index in [0.717, 1.165) is 30.8 Å². The highest BCUT2D eigenvalue weighted by Crippen LogP contribution is 2.18. The van der Waals surface area contributed by atoms with Gasteiger partial charge in [0.1, 0.15) is 5.75 Å². The van der Waals surface area contributed by atoms with Crippen molar-refractivity contribution in [2.75, 3.05) is 6.54 Å². The molecule has 1 aromatic heterocycles. The average Bonchev–Trinajstić information content (AvgIpc) is 2.91. The van der Waals surface area contributed by atoms with Crippen LogP contribution in [0.4, 0.5) is 0 Å². The first-order valence-electron chi connectivity index (χ1n) is 6.56. The van der Waals surface area contributed by atoms with Gasteiger partial charge in [-0.3, -0.25) is 0 Å². The van der Waals surface area contributed by atoms with Crippen LogP contribution in [0.1, 0.15) is 31.1 Å². The van der Waals surface area contributed by atoms with Gasteiger partial charge in [-0.15, -0.1) is 0 Å². The molecule has 0 unspecified atom stereocenters. The van der Waals surface area contributed by atoms with Gasteiger partial charge in [0.15, 0.2) is 12.4 Å². The van der Waals surface area contributed by atoms with Gasteiger partial charge in [0.2, 0.25) is 0 Å². The largest absolute Gasteiger partial charge is 0.483 e. The number of ether oxygens (including phenoxy) is 1. The van der Waals surface area contributed by atoms with E-state index in [-0.39, 0.29) is 0 Å². The second-order valence-corrected chi connectivity index (χ2v) is 4.13. The van der Waals surface area contributed by atoms with E-state index in [2.05, 4.69) is 22.4 Å². The molecule has 2 rings (SSSR count). The van der Waals surface area contributed by atoms with Gasteiger partial charge in [-0.2, -0.15) is 4.98 Å². The molecule has 5 nitrogen and oxygen atoms in total. The van der Waals surface area contributed by atoms with Gasteiger partial charge in [-0.1, -0.05) is 37.2 Å². The predicted octanol–water partition coefficient (Wildman–Crippen LogP) is 2.32. The van der Waals surface area contributed by atoms with Crippen LogP contribution >= 0.6 is 0 Å². The second-order valence-electron chi connectivity index (χ2n) is 4.13. The van der Waals surface area contributed by atoms with Gasteiger partial charge in [-0.05, 0) is 12.6 Å². The van der Waals surface area contributed by atoms with Crippen molar-refractivity contribution in [2.24, 2.45) is 0 Å². The molecule has 0 fully saturated rings. The molecular formula is C14H19N3O2. The van der Waals surface area contributed by atoms with Crippen molar-refractivity contribution in [3.8, 4) is 5.75 Å². The van der Waals surface area contributed by atoms with E-state index in [1.807, 2.05) is 31.2 Å². The molecule has 0 aliphatic rings.